The van der Waals surface area contributed by atoms with Crippen molar-refractivity contribution in [2.24, 2.45) is 5.16 Å². The van der Waals surface area contributed by atoms with E-state index in [1.165, 1.54) is 0 Å². The Hall–Kier alpha value is -1.45. The lowest BCUT2D eigenvalue weighted by molar-refractivity contribution is 0.317. The number of hydrogen-bond acceptors (Lipinski definition) is 4. The Bertz CT molecular complexity index is 360. The Balaban J connectivity index is 2.52. The van der Waals surface area contributed by atoms with Gasteiger partial charge in [0.05, 0.1) is 11.4 Å². The van der Waals surface area contributed by atoms with E-state index in [2.05, 4.69) is 15.1 Å². The van der Waals surface area contributed by atoms with Crippen LogP contribution in [-0.4, -0.2) is 20.9 Å². The zero-order valence-electron chi connectivity index (χ0n) is 7.49. The molecule has 0 saturated heterocycles. The van der Waals surface area contributed by atoms with Crippen molar-refractivity contribution in [1.29, 1.82) is 0 Å². The summed E-state index contributed by atoms with van der Waals surface area (Å²) >= 11 is 0. The minimum absolute atomic E-state index is 0.709. The van der Waals surface area contributed by atoms with E-state index in [0.717, 1.165) is 36.3 Å². The van der Waals surface area contributed by atoms with E-state index in [4.69, 9.17) is 5.21 Å². The highest BCUT2D eigenvalue weighted by Crippen LogP contribution is 2.18. The fourth-order valence-electron chi connectivity index (χ4n) is 1.61. The van der Waals surface area contributed by atoms with Crippen LogP contribution in [0.5, 0.6) is 0 Å². The first kappa shape index (κ1) is 8.16. The van der Waals surface area contributed by atoms with Crippen LogP contribution in [0.1, 0.15) is 29.9 Å². The molecular formula is C9H11N3O. The van der Waals surface area contributed by atoms with Crippen molar-refractivity contribution in [3.63, 3.8) is 0 Å². The molecule has 0 bridgehead atoms. The van der Waals surface area contributed by atoms with Crippen molar-refractivity contribution >= 4 is 5.71 Å². The van der Waals surface area contributed by atoms with Gasteiger partial charge in [-0.1, -0.05) is 5.16 Å². The number of aryl methyl sites for hydroxylation is 2. The second-order valence-electron chi connectivity index (χ2n) is 3.18. The fourth-order valence-corrected chi connectivity index (χ4v) is 1.61. The molecule has 0 amide bonds. The number of nitrogens with zero attached hydrogens (tertiary/aromatic N) is 3. The highest BCUT2D eigenvalue weighted by atomic mass is 16.4. The SMILES string of the molecule is Cc1ncc2c(n1)CCCC2=NO. The molecule has 0 aromatic carbocycles. The van der Waals surface area contributed by atoms with Gasteiger partial charge in [0.2, 0.25) is 0 Å². The molecule has 0 fully saturated rings. The predicted molar refractivity (Wildman–Crippen MR) is 48.0 cm³/mol. The predicted octanol–water partition coefficient (Wildman–Crippen LogP) is 1.30. The summed E-state index contributed by atoms with van der Waals surface area (Å²) in [6, 6.07) is 0. The molecule has 0 saturated carbocycles. The third kappa shape index (κ3) is 1.39. The molecule has 0 aliphatic heterocycles. The van der Waals surface area contributed by atoms with Gasteiger partial charge in [-0.25, -0.2) is 9.97 Å². The van der Waals surface area contributed by atoms with Crippen LogP contribution in [0.15, 0.2) is 11.4 Å². The molecule has 1 heterocycles. The first-order valence-electron chi connectivity index (χ1n) is 4.35. The van der Waals surface area contributed by atoms with E-state index in [1.807, 2.05) is 6.92 Å². The van der Waals surface area contributed by atoms with Gasteiger partial charge in [0.15, 0.2) is 0 Å². The van der Waals surface area contributed by atoms with Crippen LogP contribution in [-0.2, 0) is 6.42 Å². The van der Waals surface area contributed by atoms with Gasteiger partial charge in [-0.3, -0.25) is 0 Å². The average molecular weight is 177 g/mol. The zero-order valence-corrected chi connectivity index (χ0v) is 7.49. The Kier molecular flexibility index (Phi) is 1.96. The van der Waals surface area contributed by atoms with Gasteiger partial charge in [0.1, 0.15) is 5.82 Å². The van der Waals surface area contributed by atoms with Crippen LogP contribution < -0.4 is 0 Å². The van der Waals surface area contributed by atoms with Gasteiger partial charge in [0, 0.05) is 11.8 Å². The molecule has 1 aromatic rings. The van der Waals surface area contributed by atoms with Crippen molar-refractivity contribution in [2.75, 3.05) is 0 Å². The molecule has 13 heavy (non-hydrogen) atoms. The van der Waals surface area contributed by atoms with E-state index in [0.29, 0.717) is 5.71 Å². The standard InChI is InChI=1S/C9H11N3O/c1-6-10-5-7-8(11-6)3-2-4-9(7)12-13/h5,13H,2-4H2,1H3. The molecule has 0 atom stereocenters. The minimum atomic E-state index is 0.709. The van der Waals surface area contributed by atoms with Crippen LogP contribution in [0, 0.1) is 6.92 Å². The maximum absolute atomic E-state index is 8.74. The number of aromatic nitrogens is 2. The molecule has 1 N–H and O–H groups in total. The molecule has 0 radical (unpaired) electrons. The molecule has 1 aliphatic rings. The summed E-state index contributed by atoms with van der Waals surface area (Å²) in [6.45, 7) is 1.87. The summed E-state index contributed by atoms with van der Waals surface area (Å²) in [5.74, 6) is 0.776. The Morgan fingerprint density at radius 2 is 2.31 bits per heavy atom. The van der Waals surface area contributed by atoms with Gasteiger partial charge >= 0.3 is 0 Å². The van der Waals surface area contributed by atoms with Gasteiger partial charge < -0.3 is 5.21 Å². The Labute approximate surface area is 76.3 Å². The van der Waals surface area contributed by atoms with Crippen molar-refractivity contribution < 1.29 is 5.21 Å². The molecule has 1 aromatic heterocycles. The van der Waals surface area contributed by atoms with Gasteiger partial charge in [-0.15, -0.1) is 0 Å². The summed E-state index contributed by atoms with van der Waals surface area (Å²) in [7, 11) is 0. The summed E-state index contributed by atoms with van der Waals surface area (Å²) in [5.41, 5.74) is 2.62. The van der Waals surface area contributed by atoms with Crippen LogP contribution >= 0.6 is 0 Å². The normalized spacial score (nSPS) is 18.7. The first-order chi connectivity index (χ1) is 6.31. The quantitative estimate of drug-likeness (QED) is 0.480. The number of fused-ring (bicyclic) bond motifs is 1. The minimum Gasteiger partial charge on any atom is -0.411 e. The third-order valence-corrected chi connectivity index (χ3v) is 2.25. The lowest BCUT2D eigenvalue weighted by atomic mass is 9.95. The van der Waals surface area contributed by atoms with Crippen LogP contribution in [0.3, 0.4) is 0 Å². The summed E-state index contributed by atoms with van der Waals surface area (Å²) in [6.07, 6.45) is 4.52. The molecule has 4 nitrogen and oxygen atoms in total. The van der Waals surface area contributed by atoms with Crippen LogP contribution in [0.4, 0.5) is 0 Å². The largest absolute Gasteiger partial charge is 0.411 e. The summed E-state index contributed by atoms with van der Waals surface area (Å²) < 4.78 is 0. The second-order valence-corrected chi connectivity index (χ2v) is 3.18. The van der Waals surface area contributed by atoms with Crippen molar-refractivity contribution in [1.82, 2.24) is 9.97 Å². The molecule has 1 aliphatic carbocycles. The fraction of sp³-hybridized carbons (Fsp3) is 0.444. The summed E-state index contributed by atoms with van der Waals surface area (Å²) in [4.78, 5) is 8.40. The van der Waals surface area contributed by atoms with Gasteiger partial charge in [-0.05, 0) is 26.2 Å². The van der Waals surface area contributed by atoms with Crippen molar-refractivity contribution in [3.05, 3.63) is 23.3 Å². The van der Waals surface area contributed by atoms with E-state index in [1.54, 1.807) is 6.20 Å². The number of hydrogen-bond donors (Lipinski definition) is 1. The maximum atomic E-state index is 8.74. The Morgan fingerprint density at radius 1 is 1.46 bits per heavy atom. The topological polar surface area (TPSA) is 58.4 Å². The molecule has 4 heteroatoms. The third-order valence-electron chi connectivity index (χ3n) is 2.25. The van der Waals surface area contributed by atoms with Crippen LogP contribution in [0.2, 0.25) is 0 Å². The van der Waals surface area contributed by atoms with Crippen molar-refractivity contribution in [2.45, 2.75) is 26.2 Å². The van der Waals surface area contributed by atoms with E-state index < -0.39 is 0 Å². The van der Waals surface area contributed by atoms with Crippen molar-refractivity contribution in [3.8, 4) is 0 Å². The molecule has 0 spiro atoms. The zero-order chi connectivity index (χ0) is 9.26. The number of rotatable bonds is 0. The first-order valence-corrected chi connectivity index (χ1v) is 4.35. The summed E-state index contributed by atoms with van der Waals surface area (Å²) in [5, 5.41) is 12.0. The highest BCUT2D eigenvalue weighted by molar-refractivity contribution is 6.01. The van der Waals surface area contributed by atoms with Gasteiger partial charge in [0.25, 0.3) is 0 Å². The Morgan fingerprint density at radius 3 is 3.08 bits per heavy atom. The van der Waals surface area contributed by atoms with E-state index in [9.17, 15) is 0 Å². The average Bonchev–Trinajstić information content (AvgIpc) is 2.16. The molecular weight excluding hydrogens is 166 g/mol. The number of oxime groups is 1. The lowest BCUT2D eigenvalue weighted by Crippen LogP contribution is -2.14. The van der Waals surface area contributed by atoms with Crippen LogP contribution in [0.25, 0.3) is 0 Å². The van der Waals surface area contributed by atoms with Gasteiger partial charge in [-0.2, -0.15) is 0 Å². The van der Waals surface area contributed by atoms with E-state index in [-0.39, 0.29) is 0 Å². The molecule has 2 rings (SSSR count). The van der Waals surface area contributed by atoms with E-state index >= 15 is 0 Å². The monoisotopic (exact) mass is 177 g/mol. The smallest absolute Gasteiger partial charge is 0.125 e. The second kappa shape index (κ2) is 3.12. The lowest BCUT2D eigenvalue weighted by Gasteiger charge is -2.14. The molecule has 0 unspecified atom stereocenters. The maximum Gasteiger partial charge on any atom is 0.125 e. The highest BCUT2D eigenvalue weighted by Gasteiger charge is 2.17. The molecule has 68 valence electrons.